The van der Waals surface area contributed by atoms with E-state index in [4.69, 9.17) is 0 Å². The van der Waals surface area contributed by atoms with Crippen molar-refractivity contribution in [2.75, 3.05) is 58.3 Å². The van der Waals surface area contributed by atoms with Crippen LogP contribution < -0.4 is 10.2 Å². The highest BCUT2D eigenvalue weighted by atomic mass is 16.2. The van der Waals surface area contributed by atoms with Crippen LogP contribution >= 0.6 is 0 Å². The molecule has 2 aromatic carbocycles. The van der Waals surface area contributed by atoms with Crippen LogP contribution in [0.25, 0.3) is 0 Å². The van der Waals surface area contributed by atoms with Gasteiger partial charge in [0.15, 0.2) is 0 Å². The Kier molecular flexibility index (Phi) is 7.46. The van der Waals surface area contributed by atoms with Crippen LogP contribution in [0.3, 0.4) is 0 Å². The molecule has 160 valence electrons. The summed E-state index contributed by atoms with van der Waals surface area (Å²) in [6, 6.07) is 17.7. The van der Waals surface area contributed by atoms with Crippen LogP contribution in [0.4, 0.5) is 5.69 Å². The van der Waals surface area contributed by atoms with E-state index in [9.17, 15) is 9.59 Å². The van der Waals surface area contributed by atoms with E-state index in [1.807, 2.05) is 66.4 Å². The van der Waals surface area contributed by atoms with E-state index in [0.29, 0.717) is 25.2 Å². The average Bonchev–Trinajstić information content (AvgIpc) is 2.79. The SMILES string of the molecule is C[C@H](CN(CC(=O)N1CCNCC1)C(=O)c1cccc(N(C)C)c1)c1ccccc1. The highest BCUT2D eigenvalue weighted by molar-refractivity contribution is 5.97. The van der Waals surface area contributed by atoms with Gasteiger partial charge < -0.3 is 20.0 Å². The maximum atomic E-state index is 13.4. The number of anilines is 1. The van der Waals surface area contributed by atoms with E-state index in [-0.39, 0.29) is 24.3 Å². The summed E-state index contributed by atoms with van der Waals surface area (Å²) in [4.78, 5) is 31.9. The lowest BCUT2D eigenvalue weighted by Gasteiger charge is -2.31. The number of nitrogens with one attached hydrogen (secondary N) is 1. The van der Waals surface area contributed by atoms with Crippen LogP contribution in [-0.4, -0.2) is 75.0 Å². The van der Waals surface area contributed by atoms with Gasteiger partial charge in [-0.15, -0.1) is 0 Å². The van der Waals surface area contributed by atoms with Crippen LogP contribution in [0.2, 0.25) is 0 Å². The van der Waals surface area contributed by atoms with Gasteiger partial charge in [0.1, 0.15) is 6.54 Å². The lowest BCUT2D eigenvalue weighted by atomic mass is 10.00. The average molecular weight is 409 g/mol. The van der Waals surface area contributed by atoms with Crippen LogP contribution in [-0.2, 0) is 4.79 Å². The highest BCUT2D eigenvalue weighted by Crippen LogP contribution is 2.20. The van der Waals surface area contributed by atoms with E-state index < -0.39 is 0 Å². The summed E-state index contributed by atoms with van der Waals surface area (Å²) >= 11 is 0. The Balaban J connectivity index is 1.81. The minimum atomic E-state index is -0.107. The van der Waals surface area contributed by atoms with Crippen molar-refractivity contribution in [3.8, 4) is 0 Å². The highest BCUT2D eigenvalue weighted by Gasteiger charge is 2.25. The van der Waals surface area contributed by atoms with Gasteiger partial charge in [0.05, 0.1) is 0 Å². The topological polar surface area (TPSA) is 55.9 Å². The fourth-order valence-corrected chi connectivity index (χ4v) is 3.71. The molecule has 1 aliphatic heterocycles. The predicted molar refractivity (Wildman–Crippen MR) is 121 cm³/mol. The van der Waals surface area contributed by atoms with Crippen molar-refractivity contribution in [2.45, 2.75) is 12.8 Å². The van der Waals surface area contributed by atoms with Gasteiger partial charge >= 0.3 is 0 Å². The molecule has 1 saturated heterocycles. The molecule has 0 aromatic heterocycles. The van der Waals surface area contributed by atoms with Gasteiger partial charge in [-0.3, -0.25) is 9.59 Å². The monoisotopic (exact) mass is 408 g/mol. The fourth-order valence-electron chi connectivity index (χ4n) is 3.71. The molecule has 6 heteroatoms. The summed E-state index contributed by atoms with van der Waals surface area (Å²) in [5.74, 6) is 0.0295. The Morgan fingerprint density at radius 1 is 1.03 bits per heavy atom. The standard InChI is InChI=1S/C24H32N4O2/c1-19(20-8-5-4-6-9-20)17-28(18-23(29)27-14-12-25-13-15-27)24(30)21-10-7-11-22(16-21)26(2)3/h4-11,16,19,25H,12-15,17-18H2,1-3H3/t19-/m1/s1. The zero-order chi connectivity index (χ0) is 21.5. The zero-order valence-corrected chi connectivity index (χ0v) is 18.2. The Morgan fingerprint density at radius 2 is 1.73 bits per heavy atom. The Hall–Kier alpha value is -2.86. The summed E-state index contributed by atoms with van der Waals surface area (Å²) in [5.41, 5.74) is 2.73. The molecular weight excluding hydrogens is 376 g/mol. The molecule has 1 N–H and O–H groups in total. The molecule has 0 spiro atoms. The second-order valence-electron chi connectivity index (χ2n) is 8.07. The number of carbonyl (C=O) groups excluding carboxylic acids is 2. The van der Waals surface area contributed by atoms with Crippen LogP contribution in [0.1, 0.15) is 28.8 Å². The summed E-state index contributed by atoms with van der Waals surface area (Å²) in [5, 5.41) is 3.26. The lowest BCUT2D eigenvalue weighted by Crippen LogP contribution is -2.50. The summed E-state index contributed by atoms with van der Waals surface area (Å²) < 4.78 is 0. The third-order valence-electron chi connectivity index (χ3n) is 5.56. The number of rotatable bonds is 7. The van der Waals surface area contributed by atoms with Gasteiger partial charge in [-0.1, -0.05) is 43.3 Å². The normalized spacial score (nSPS) is 14.8. The first-order valence-corrected chi connectivity index (χ1v) is 10.6. The smallest absolute Gasteiger partial charge is 0.254 e. The lowest BCUT2D eigenvalue weighted by molar-refractivity contribution is -0.132. The summed E-state index contributed by atoms with van der Waals surface area (Å²) in [6.45, 7) is 5.66. The summed E-state index contributed by atoms with van der Waals surface area (Å²) in [6.07, 6.45) is 0. The van der Waals surface area contributed by atoms with Gasteiger partial charge in [-0.25, -0.2) is 0 Å². The van der Waals surface area contributed by atoms with Crippen LogP contribution in [0, 0.1) is 0 Å². The number of hydrogen-bond acceptors (Lipinski definition) is 4. The van der Waals surface area contributed by atoms with Crippen molar-refractivity contribution in [3.05, 3.63) is 65.7 Å². The molecule has 2 aromatic rings. The van der Waals surface area contributed by atoms with E-state index in [1.54, 1.807) is 4.90 Å². The number of nitrogens with zero attached hydrogens (tertiary/aromatic N) is 3. The number of amides is 2. The van der Waals surface area contributed by atoms with Crippen molar-refractivity contribution in [2.24, 2.45) is 0 Å². The zero-order valence-electron chi connectivity index (χ0n) is 18.2. The fraction of sp³-hybridized carbons (Fsp3) is 0.417. The predicted octanol–water partition coefficient (Wildman–Crippen LogP) is 2.43. The number of benzene rings is 2. The van der Waals surface area contributed by atoms with E-state index in [1.165, 1.54) is 0 Å². The van der Waals surface area contributed by atoms with Crippen molar-refractivity contribution >= 4 is 17.5 Å². The summed E-state index contributed by atoms with van der Waals surface area (Å²) in [7, 11) is 3.90. The molecule has 30 heavy (non-hydrogen) atoms. The van der Waals surface area contributed by atoms with E-state index in [2.05, 4.69) is 24.4 Å². The molecule has 0 aliphatic carbocycles. The van der Waals surface area contributed by atoms with E-state index >= 15 is 0 Å². The number of hydrogen-bond donors (Lipinski definition) is 1. The van der Waals surface area contributed by atoms with Gasteiger partial charge in [0, 0.05) is 58.1 Å². The van der Waals surface area contributed by atoms with Crippen molar-refractivity contribution in [1.82, 2.24) is 15.1 Å². The first kappa shape index (κ1) is 21.8. The second kappa shape index (κ2) is 10.3. The third-order valence-corrected chi connectivity index (χ3v) is 5.56. The second-order valence-corrected chi connectivity index (χ2v) is 8.07. The minimum Gasteiger partial charge on any atom is -0.378 e. The molecule has 3 rings (SSSR count). The maximum absolute atomic E-state index is 13.4. The Labute approximate surface area is 179 Å². The van der Waals surface area contributed by atoms with Crippen molar-refractivity contribution < 1.29 is 9.59 Å². The van der Waals surface area contributed by atoms with Gasteiger partial charge in [-0.2, -0.15) is 0 Å². The van der Waals surface area contributed by atoms with Crippen LogP contribution in [0.5, 0.6) is 0 Å². The molecule has 1 aliphatic rings. The molecule has 1 atom stereocenters. The molecule has 0 saturated carbocycles. The Bertz CT molecular complexity index is 847. The first-order chi connectivity index (χ1) is 14.5. The molecule has 6 nitrogen and oxygen atoms in total. The van der Waals surface area contributed by atoms with Crippen molar-refractivity contribution in [1.29, 1.82) is 0 Å². The largest absolute Gasteiger partial charge is 0.378 e. The third kappa shape index (κ3) is 5.60. The molecule has 0 bridgehead atoms. The molecule has 1 heterocycles. The number of piperazine rings is 1. The van der Waals surface area contributed by atoms with Gasteiger partial charge in [0.2, 0.25) is 5.91 Å². The molecular formula is C24H32N4O2. The minimum absolute atomic E-state index is 0.00822. The molecule has 1 fully saturated rings. The molecule has 2 amide bonds. The molecule has 0 radical (unpaired) electrons. The molecule has 0 unspecified atom stereocenters. The van der Waals surface area contributed by atoms with Gasteiger partial charge in [0.25, 0.3) is 5.91 Å². The maximum Gasteiger partial charge on any atom is 0.254 e. The quantitative estimate of drug-likeness (QED) is 0.765. The van der Waals surface area contributed by atoms with Crippen molar-refractivity contribution in [3.63, 3.8) is 0 Å². The van der Waals surface area contributed by atoms with Crippen LogP contribution in [0.15, 0.2) is 54.6 Å². The Morgan fingerprint density at radius 3 is 2.40 bits per heavy atom. The van der Waals surface area contributed by atoms with Gasteiger partial charge in [-0.05, 0) is 29.7 Å². The first-order valence-electron chi connectivity index (χ1n) is 10.6. The van der Waals surface area contributed by atoms with E-state index in [0.717, 1.165) is 24.3 Å². The number of carbonyl (C=O) groups is 2.